The zero-order valence-electron chi connectivity index (χ0n) is 10.5. The summed E-state index contributed by atoms with van der Waals surface area (Å²) in [7, 11) is 1.62. The lowest BCUT2D eigenvalue weighted by Crippen LogP contribution is -2.01. The standard InChI is InChI=1S/C14H15BrO2S/c1-8-4-5-11(17-3)10(6-8)13(16)12-7-9(2)14(15)18-12/h4-7,13,16H,1-3H3. The van der Waals surface area contributed by atoms with Crippen molar-refractivity contribution in [3.05, 3.63) is 49.6 Å². The summed E-state index contributed by atoms with van der Waals surface area (Å²) in [6.07, 6.45) is -0.644. The summed E-state index contributed by atoms with van der Waals surface area (Å²) in [6.45, 7) is 4.02. The Morgan fingerprint density at radius 1 is 1.28 bits per heavy atom. The van der Waals surface area contributed by atoms with Crippen molar-refractivity contribution in [2.75, 3.05) is 7.11 Å². The fraction of sp³-hybridized carbons (Fsp3) is 0.286. The first-order valence-corrected chi connectivity index (χ1v) is 7.22. The molecule has 4 heteroatoms. The van der Waals surface area contributed by atoms with Gasteiger partial charge in [-0.1, -0.05) is 11.6 Å². The molecule has 2 nitrogen and oxygen atoms in total. The quantitative estimate of drug-likeness (QED) is 0.915. The zero-order valence-corrected chi connectivity index (χ0v) is 12.9. The van der Waals surface area contributed by atoms with Crippen molar-refractivity contribution in [3.63, 3.8) is 0 Å². The summed E-state index contributed by atoms with van der Waals surface area (Å²) in [6, 6.07) is 7.84. The number of hydrogen-bond donors (Lipinski definition) is 1. The van der Waals surface area contributed by atoms with Crippen molar-refractivity contribution < 1.29 is 9.84 Å². The molecule has 0 aliphatic rings. The number of ether oxygens (including phenoxy) is 1. The first-order chi connectivity index (χ1) is 8.52. The van der Waals surface area contributed by atoms with Gasteiger partial charge >= 0.3 is 0 Å². The molecule has 0 saturated heterocycles. The van der Waals surface area contributed by atoms with Crippen LogP contribution < -0.4 is 4.74 Å². The highest BCUT2D eigenvalue weighted by Gasteiger charge is 2.18. The van der Waals surface area contributed by atoms with Gasteiger partial charge in [0.1, 0.15) is 11.9 Å². The zero-order chi connectivity index (χ0) is 13.3. The number of rotatable bonds is 3. The Labute approximate surface area is 119 Å². The number of aliphatic hydroxyl groups excluding tert-OH is 1. The molecule has 0 aliphatic carbocycles. The van der Waals surface area contributed by atoms with Gasteiger partial charge in [-0.05, 0) is 53.5 Å². The third kappa shape index (κ3) is 2.60. The predicted octanol–water partition coefficient (Wildman–Crippen LogP) is 4.22. The van der Waals surface area contributed by atoms with Gasteiger partial charge in [0, 0.05) is 10.4 Å². The number of halogens is 1. The van der Waals surface area contributed by atoms with E-state index < -0.39 is 6.10 Å². The van der Waals surface area contributed by atoms with E-state index in [9.17, 15) is 5.11 Å². The minimum Gasteiger partial charge on any atom is -0.496 e. The van der Waals surface area contributed by atoms with Gasteiger partial charge in [0.15, 0.2) is 0 Å². The number of benzene rings is 1. The summed E-state index contributed by atoms with van der Waals surface area (Å²) in [5.41, 5.74) is 3.06. The molecular weight excluding hydrogens is 312 g/mol. The van der Waals surface area contributed by atoms with Crippen molar-refractivity contribution in [2.45, 2.75) is 20.0 Å². The van der Waals surface area contributed by atoms with Gasteiger partial charge in [-0.2, -0.15) is 0 Å². The molecule has 1 aromatic heterocycles. The molecule has 1 unspecified atom stereocenters. The summed E-state index contributed by atoms with van der Waals surface area (Å²) < 4.78 is 6.37. The number of methoxy groups -OCH3 is 1. The SMILES string of the molecule is COc1ccc(C)cc1C(O)c1cc(C)c(Br)s1. The highest BCUT2D eigenvalue weighted by molar-refractivity contribution is 9.11. The Kier molecular flexibility index (Phi) is 4.10. The van der Waals surface area contributed by atoms with Crippen LogP contribution in [0.2, 0.25) is 0 Å². The largest absolute Gasteiger partial charge is 0.496 e. The summed E-state index contributed by atoms with van der Waals surface area (Å²) in [4.78, 5) is 0.920. The van der Waals surface area contributed by atoms with Crippen LogP contribution in [-0.2, 0) is 0 Å². The molecule has 1 heterocycles. The van der Waals surface area contributed by atoms with Crippen molar-refractivity contribution in [1.29, 1.82) is 0 Å². The Balaban J connectivity index is 2.44. The van der Waals surface area contributed by atoms with E-state index >= 15 is 0 Å². The van der Waals surface area contributed by atoms with Gasteiger partial charge in [0.25, 0.3) is 0 Å². The maximum Gasteiger partial charge on any atom is 0.125 e. The smallest absolute Gasteiger partial charge is 0.125 e. The molecule has 0 amide bonds. The van der Waals surface area contributed by atoms with E-state index in [0.717, 1.165) is 31.1 Å². The molecule has 0 saturated carbocycles. The second kappa shape index (κ2) is 5.43. The highest BCUT2D eigenvalue weighted by Crippen LogP contribution is 2.37. The van der Waals surface area contributed by atoms with Crippen molar-refractivity contribution in [2.24, 2.45) is 0 Å². The summed E-state index contributed by atoms with van der Waals surface area (Å²) >= 11 is 5.04. The van der Waals surface area contributed by atoms with Gasteiger partial charge in [-0.25, -0.2) is 0 Å². The molecule has 2 aromatic rings. The number of aryl methyl sites for hydroxylation is 2. The van der Waals surface area contributed by atoms with E-state index in [-0.39, 0.29) is 0 Å². The predicted molar refractivity (Wildman–Crippen MR) is 78.5 cm³/mol. The lowest BCUT2D eigenvalue weighted by Gasteiger charge is -2.14. The number of aliphatic hydroxyl groups is 1. The normalized spacial score (nSPS) is 12.5. The average molecular weight is 327 g/mol. The Morgan fingerprint density at radius 2 is 2.00 bits per heavy atom. The topological polar surface area (TPSA) is 29.5 Å². The van der Waals surface area contributed by atoms with Gasteiger partial charge < -0.3 is 9.84 Å². The van der Waals surface area contributed by atoms with Crippen molar-refractivity contribution in [3.8, 4) is 5.75 Å². The number of thiophene rings is 1. The van der Waals surface area contributed by atoms with Crippen LogP contribution in [0.15, 0.2) is 28.1 Å². The Bertz CT molecular complexity index is 543. The molecule has 2 rings (SSSR count). The lowest BCUT2D eigenvalue weighted by molar-refractivity contribution is 0.218. The first kappa shape index (κ1) is 13.6. The second-order valence-corrected chi connectivity index (χ2v) is 6.66. The molecule has 1 aromatic carbocycles. The van der Waals surface area contributed by atoms with Crippen LogP contribution in [0.1, 0.15) is 27.7 Å². The monoisotopic (exact) mass is 326 g/mol. The minimum atomic E-state index is -0.644. The maximum absolute atomic E-state index is 10.5. The van der Waals surface area contributed by atoms with E-state index in [1.54, 1.807) is 18.4 Å². The van der Waals surface area contributed by atoms with Crippen LogP contribution in [0.5, 0.6) is 5.75 Å². The number of hydrogen-bond acceptors (Lipinski definition) is 3. The molecule has 0 aliphatic heterocycles. The van der Waals surface area contributed by atoms with E-state index in [2.05, 4.69) is 15.9 Å². The van der Waals surface area contributed by atoms with E-state index in [4.69, 9.17) is 4.74 Å². The first-order valence-electron chi connectivity index (χ1n) is 5.61. The van der Waals surface area contributed by atoms with Crippen LogP contribution in [0.4, 0.5) is 0 Å². The second-order valence-electron chi connectivity index (χ2n) is 4.25. The van der Waals surface area contributed by atoms with Gasteiger partial charge in [-0.15, -0.1) is 11.3 Å². The molecular formula is C14H15BrO2S. The van der Waals surface area contributed by atoms with E-state index in [0.29, 0.717) is 0 Å². The van der Waals surface area contributed by atoms with Crippen molar-refractivity contribution >= 4 is 27.3 Å². The molecule has 1 atom stereocenters. The molecule has 0 spiro atoms. The van der Waals surface area contributed by atoms with Gasteiger partial charge in [0.05, 0.1) is 10.9 Å². The van der Waals surface area contributed by atoms with Crippen molar-refractivity contribution in [1.82, 2.24) is 0 Å². The van der Waals surface area contributed by atoms with E-state index in [1.807, 2.05) is 38.1 Å². The van der Waals surface area contributed by atoms with Crippen LogP contribution in [0.25, 0.3) is 0 Å². The third-order valence-electron chi connectivity index (χ3n) is 2.83. The summed E-state index contributed by atoms with van der Waals surface area (Å²) in [5, 5.41) is 10.5. The van der Waals surface area contributed by atoms with Crippen LogP contribution in [-0.4, -0.2) is 12.2 Å². The maximum atomic E-state index is 10.5. The molecule has 0 fully saturated rings. The fourth-order valence-corrected chi connectivity index (χ4v) is 3.42. The van der Waals surface area contributed by atoms with Crippen LogP contribution >= 0.6 is 27.3 Å². The van der Waals surface area contributed by atoms with Crippen LogP contribution in [0.3, 0.4) is 0 Å². The van der Waals surface area contributed by atoms with E-state index in [1.165, 1.54) is 0 Å². The molecule has 96 valence electrons. The minimum absolute atomic E-state index is 0.644. The molecule has 1 N–H and O–H groups in total. The highest BCUT2D eigenvalue weighted by atomic mass is 79.9. The third-order valence-corrected chi connectivity index (χ3v) is 5.01. The molecule has 0 radical (unpaired) electrons. The Hall–Kier alpha value is -0.840. The Morgan fingerprint density at radius 3 is 2.56 bits per heavy atom. The average Bonchev–Trinajstić information content (AvgIpc) is 2.68. The lowest BCUT2D eigenvalue weighted by atomic mass is 10.0. The molecule has 18 heavy (non-hydrogen) atoms. The summed E-state index contributed by atoms with van der Waals surface area (Å²) in [5.74, 6) is 0.718. The van der Waals surface area contributed by atoms with Crippen LogP contribution in [0, 0.1) is 13.8 Å². The molecule has 0 bridgehead atoms. The fourth-order valence-electron chi connectivity index (χ4n) is 1.84. The van der Waals surface area contributed by atoms with Gasteiger partial charge in [0.2, 0.25) is 0 Å². The van der Waals surface area contributed by atoms with Gasteiger partial charge in [-0.3, -0.25) is 0 Å².